The second-order valence-corrected chi connectivity index (χ2v) is 1.98. The van der Waals surface area contributed by atoms with Crippen molar-refractivity contribution in [2.24, 2.45) is 5.73 Å². The lowest BCUT2D eigenvalue weighted by molar-refractivity contribution is 0.137. The van der Waals surface area contributed by atoms with Gasteiger partial charge in [0.05, 0.1) is 0 Å². The van der Waals surface area contributed by atoms with Crippen LogP contribution in [0.4, 0.5) is 4.79 Å². The average Bonchev–Trinajstić information content (AvgIpc) is 1.82. The van der Waals surface area contributed by atoms with Gasteiger partial charge in [-0.1, -0.05) is 13.0 Å². The third-order valence-corrected chi connectivity index (χ3v) is 0.945. The van der Waals surface area contributed by atoms with Crippen LogP contribution < -0.4 is 5.73 Å². The van der Waals surface area contributed by atoms with E-state index in [1.165, 1.54) is 0 Å². The second-order valence-electron chi connectivity index (χ2n) is 1.98. The predicted octanol–water partition coefficient (Wildman–Crippen LogP) is 1.44. The second kappa shape index (κ2) is 4.85. The van der Waals surface area contributed by atoms with Gasteiger partial charge in [-0.15, -0.1) is 0 Å². The summed E-state index contributed by atoms with van der Waals surface area (Å²) in [6.45, 7) is 3.77. The molecule has 0 aliphatic heterocycles. The summed E-state index contributed by atoms with van der Waals surface area (Å²) in [6, 6.07) is 0. The molecule has 1 amide bonds. The molecule has 0 unspecified atom stereocenters. The Kier molecular flexibility index (Phi) is 4.37. The van der Waals surface area contributed by atoms with E-state index in [4.69, 9.17) is 5.73 Å². The third kappa shape index (κ3) is 5.15. The van der Waals surface area contributed by atoms with Gasteiger partial charge in [-0.3, -0.25) is 0 Å². The van der Waals surface area contributed by atoms with Crippen molar-refractivity contribution in [3.8, 4) is 0 Å². The van der Waals surface area contributed by atoms with Crippen LogP contribution in [-0.4, -0.2) is 12.2 Å². The zero-order valence-corrected chi connectivity index (χ0v) is 6.33. The van der Waals surface area contributed by atoms with E-state index in [0.717, 1.165) is 6.42 Å². The average molecular weight is 143 g/mol. The largest absolute Gasteiger partial charge is 0.442 e. The summed E-state index contributed by atoms with van der Waals surface area (Å²) in [4.78, 5) is 10.1. The molecule has 0 aromatic rings. The SMILES string of the molecule is CC/C=C/[C@H](C)OC(N)=O. The van der Waals surface area contributed by atoms with Crippen LogP contribution in [0.2, 0.25) is 0 Å². The Balaban J connectivity index is 3.52. The fourth-order valence-electron chi connectivity index (χ4n) is 0.550. The van der Waals surface area contributed by atoms with Gasteiger partial charge in [-0.2, -0.15) is 0 Å². The molecule has 58 valence electrons. The summed E-state index contributed by atoms with van der Waals surface area (Å²) in [7, 11) is 0. The van der Waals surface area contributed by atoms with Gasteiger partial charge < -0.3 is 10.5 Å². The lowest BCUT2D eigenvalue weighted by atomic mass is 10.3. The van der Waals surface area contributed by atoms with Gasteiger partial charge in [0.1, 0.15) is 6.10 Å². The van der Waals surface area contributed by atoms with E-state index in [1.807, 2.05) is 13.0 Å². The van der Waals surface area contributed by atoms with Crippen LogP contribution >= 0.6 is 0 Å². The molecule has 0 heterocycles. The molecule has 0 aromatic carbocycles. The predicted molar refractivity (Wildman–Crippen MR) is 39.6 cm³/mol. The zero-order chi connectivity index (χ0) is 7.98. The van der Waals surface area contributed by atoms with E-state index in [9.17, 15) is 4.79 Å². The fraction of sp³-hybridized carbons (Fsp3) is 0.571. The summed E-state index contributed by atoms with van der Waals surface area (Å²) < 4.78 is 4.60. The van der Waals surface area contributed by atoms with Crippen LogP contribution in [0.15, 0.2) is 12.2 Å². The minimum atomic E-state index is -0.728. The van der Waals surface area contributed by atoms with Crippen molar-refractivity contribution in [3.63, 3.8) is 0 Å². The summed E-state index contributed by atoms with van der Waals surface area (Å²) in [6.07, 6.45) is 3.72. The number of ether oxygens (including phenoxy) is 1. The topological polar surface area (TPSA) is 52.3 Å². The number of primary amides is 1. The molecule has 0 aromatic heterocycles. The number of rotatable bonds is 3. The maximum absolute atomic E-state index is 10.1. The number of nitrogens with two attached hydrogens (primary N) is 1. The van der Waals surface area contributed by atoms with E-state index in [2.05, 4.69) is 4.74 Å². The van der Waals surface area contributed by atoms with Gasteiger partial charge in [-0.05, 0) is 19.4 Å². The Labute approximate surface area is 60.9 Å². The molecular weight excluding hydrogens is 130 g/mol. The summed E-state index contributed by atoms with van der Waals surface area (Å²) in [5, 5.41) is 0. The highest BCUT2D eigenvalue weighted by molar-refractivity contribution is 5.64. The minimum absolute atomic E-state index is 0.211. The molecule has 2 N–H and O–H groups in total. The first kappa shape index (κ1) is 9.01. The van der Waals surface area contributed by atoms with Gasteiger partial charge in [0, 0.05) is 0 Å². The maximum atomic E-state index is 10.1. The Hall–Kier alpha value is -0.990. The lowest BCUT2D eigenvalue weighted by Crippen LogP contribution is -2.18. The van der Waals surface area contributed by atoms with Gasteiger partial charge in [0.2, 0.25) is 0 Å². The molecule has 1 atom stereocenters. The van der Waals surface area contributed by atoms with Crippen LogP contribution in [0.25, 0.3) is 0 Å². The molecule has 0 rings (SSSR count). The third-order valence-electron chi connectivity index (χ3n) is 0.945. The quantitative estimate of drug-likeness (QED) is 0.608. The van der Waals surface area contributed by atoms with E-state index in [-0.39, 0.29) is 6.10 Å². The van der Waals surface area contributed by atoms with Crippen molar-refractivity contribution in [1.29, 1.82) is 0 Å². The minimum Gasteiger partial charge on any atom is -0.442 e. The standard InChI is InChI=1S/C7H13NO2/c1-3-4-5-6(2)10-7(8)9/h4-6H,3H2,1-2H3,(H2,8,9)/b5-4+/t6-/m0/s1. The Morgan fingerprint density at radius 2 is 2.40 bits per heavy atom. The van der Waals surface area contributed by atoms with Crippen molar-refractivity contribution >= 4 is 6.09 Å². The van der Waals surface area contributed by atoms with Crippen molar-refractivity contribution in [2.45, 2.75) is 26.4 Å². The van der Waals surface area contributed by atoms with Crippen LogP contribution in [0.3, 0.4) is 0 Å². The highest BCUT2D eigenvalue weighted by atomic mass is 16.6. The molecule has 0 bridgehead atoms. The Bertz CT molecular complexity index is 132. The molecule has 0 aliphatic rings. The number of carbonyl (C=O) groups excluding carboxylic acids is 1. The van der Waals surface area contributed by atoms with E-state index < -0.39 is 6.09 Å². The van der Waals surface area contributed by atoms with E-state index in [0.29, 0.717) is 0 Å². The van der Waals surface area contributed by atoms with Crippen molar-refractivity contribution in [1.82, 2.24) is 0 Å². The Morgan fingerprint density at radius 3 is 2.80 bits per heavy atom. The van der Waals surface area contributed by atoms with Gasteiger partial charge >= 0.3 is 6.09 Å². The molecule has 0 spiro atoms. The fourth-order valence-corrected chi connectivity index (χ4v) is 0.550. The number of hydrogen-bond acceptors (Lipinski definition) is 2. The van der Waals surface area contributed by atoms with Gasteiger partial charge in [0.15, 0.2) is 0 Å². The summed E-state index contributed by atoms with van der Waals surface area (Å²) in [5.41, 5.74) is 4.77. The maximum Gasteiger partial charge on any atom is 0.405 e. The lowest BCUT2D eigenvalue weighted by Gasteiger charge is -2.04. The van der Waals surface area contributed by atoms with E-state index >= 15 is 0 Å². The summed E-state index contributed by atoms with van der Waals surface area (Å²) >= 11 is 0. The van der Waals surface area contributed by atoms with Crippen LogP contribution in [0.5, 0.6) is 0 Å². The summed E-state index contributed by atoms with van der Waals surface area (Å²) in [5.74, 6) is 0. The first-order valence-electron chi connectivity index (χ1n) is 3.29. The van der Waals surface area contributed by atoms with Gasteiger partial charge in [0.25, 0.3) is 0 Å². The van der Waals surface area contributed by atoms with Crippen LogP contribution in [-0.2, 0) is 4.74 Å². The number of hydrogen-bond donors (Lipinski definition) is 1. The number of amides is 1. The van der Waals surface area contributed by atoms with E-state index in [1.54, 1.807) is 13.0 Å². The molecule has 0 radical (unpaired) electrons. The molecule has 10 heavy (non-hydrogen) atoms. The molecule has 0 saturated heterocycles. The normalized spacial score (nSPS) is 13.4. The molecule has 3 nitrogen and oxygen atoms in total. The molecule has 0 saturated carbocycles. The smallest absolute Gasteiger partial charge is 0.405 e. The first-order valence-corrected chi connectivity index (χ1v) is 3.29. The highest BCUT2D eigenvalue weighted by Gasteiger charge is 1.98. The first-order chi connectivity index (χ1) is 4.66. The Morgan fingerprint density at radius 1 is 1.80 bits per heavy atom. The highest BCUT2D eigenvalue weighted by Crippen LogP contribution is 1.93. The van der Waals surface area contributed by atoms with Crippen molar-refractivity contribution < 1.29 is 9.53 Å². The van der Waals surface area contributed by atoms with Crippen LogP contribution in [0, 0.1) is 0 Å². The molecule has 3 heteroatoms. The zero-order valence-electron chi connectivity index (χ0n) is 6.33. The number of allylic oxidation sites excluding steroid dienone is 1. The number of carbonyl (C=O) groups is 1. The monoisotopic (exact) mass is 143 g/mol. The van der Waals surface area contributed by atoms with Crippen LogP contribution in [0.1, 0.15) is 20.3 Å². The van der Waals surface area contributed by atoms with Gasteiger partial charge in [-0.25, -0.2) is 4.79 Å². The molecule has 0 fully saturated rings. The molecular formula is C7H13NO2. The van der Waals surface area contributed by atoms with Crippen molar-refractivity contribution in [2.75, 3.05) is 0 Å². The van der Waals surface area contributed by atoms with Crippen molar-refractivity contribution in [3.05, 3.63) is 12.2 Å². The molecule has 0 aliphatic carbocycles.